The van der Waals surface area contributed by atoms with Crippen molar-refractivity contribution in [3.63, 3.8) is 0 Å². The molecule has 0 aromatic heterocycles. The van der Waals surface area contributed by atoms with Crippen molar-refractivity contribution in [3.8, 4) is 0 Å². The Morgan fingerprint density at radius 2 is 2.05 bits per heavy atom. The van der Waals surface area contributed by atoms with Gasteiger partial charge in [0.05, 0.1) is 12.0 Å². The van der Waals surface area contributed by atoms with Crippen molar-refractivity contribution in [3.05, 3.63) is 0 Å². The van der Waals surface area contributed by atoms with Crippen LogP contribution in [0, 0.1) is 17.3 Å². The van der Waals surface area contributed by atoms with Crippen LogP contribution in [-0.4, -0.2) is 38.8 Å². The van der Waals surface area contributed by atoms with E-state index in [0.717, 1.165) is 38.3 Å². The van der Waals surface area contributed by atoms with E-state index in [4.69, 9.17) is 4.74 Å². The van der Waals surface area contributed by atoms with Crippen molar-refractivity contribution in [2.45, 2.75) is 52.0 Å². The van der Waals surface area contributed by atoms with Crippen LogP contribution in [0.4, 0.5) is 0 Å². The number of nitrogens with one attached hydrogen (secondary N) is 2. The molecule has 1 aliphatic carbocycles. The van der Waals surface area contributed by atoms with Gasteiger partial charge in [0.1, 0.15) is 0 Å². The molecule has 3 atom stereocenters. The molecule has 3 unspecified atom stereocenters. The maximum Gasteiger partial charge on any atom is 0.228 e. The van der Waals surface area contributed by atoms with Gasteiger partial charge in [-0.25, -0.2) is 0 Å². The number of hydrogen-bond acceptors (Lipinski definition) is 3. The summed E-state index contributed by atoms with van der Waals surface area (Å²) in [7, 11) is 1.70. The number of ether oxygens (including phenoxy) is 1. The zero-order valence-corrected chi connectivity index (χ0v) is 13.2. The lowest BCUT2D eigenvalue weighted by Crippen LogP contribution is -2.53. The molecule has 1 aliphatic heterocycles. The molecule has 2 aliphatic rings. The zero-order chi connectivity index (χ0) is 14.6. The van der Waals surface area contributed by atoms with Crippen molar-refractivity contribution in [2.24, 2.45) is 17.3 Å². The standard InChI is InChI=1S/C16H30N2O2/c1-4-13-5-6-14(12(13)2)18-15(19)16(11-20-3)7-9-17-10-8-16/h12-14,17H,4-11H2,1-3H3,(H,18,19). The summed E-state index contributed by atoms with van der Waals surface area (Å²) in [5.74, 6) is 1.59. The van der Waals surface area contributed by atoms with E-state index in [1.165, 1.54) is 12.8 Å². The van der Waals surface area contributed by atoms with Crippen LogP contribution in [0.25, 0.3) is 0 Å². The van der Waals surface area contributed by atoms with E-state index in [2.05, 4.69) is 24.5 Å². The van der Waals surface area contributed by atoms with Gasteiger partial charge in [-0.3, -0.25) is 4.79 Å². The Morgan fingerprint density at radius 3 is 2.60 bits per heavy atom. The number of hydrogen-bond donors (Lipinski definition) is 2. The summed E-state index contributed by atoms with van der Waals surface area (Å²) in [6, 6.07) is 0.357. The Labute approximate surface area is 123 Å². The molecule has 4 heteroatoms. The average Bonchev–Trinajstić information content (AvgIpc) is 2.81. The van der Waals surface area contributed by atoms with Gasteiger partial charge in [0.15, 0.2) is 0 Å². The second-order valence-corrected chi connectivity index (χ2v) is 6.65. The molecule has 2 N–H and O–H groups in total. The molecule has 0 radical (unpaired) electrons. The minimum Gasteiger partial charge on any atom is -0.384 e. The fourth-order valence-electron chi connectivity index (χ4n) is 3.97. The van der Waals surface area contributed by atoms with Gasteiger partial charge in [0, 0.05) is 13.2 Å². The normalized spacial score (nSPS) is 33.0. The Kier molecular flexibility index (Phi) is 5.44. The van der Waals surface area contributed by atoms with E-state index in [1.807, 2.05) is 0 Å². The minimum absolute atomic E-state index is 0.217. The molecule has 0 aromatic rings. The number of carbonyl (C=O) groups excluding carboxylic acids is 1. The Morgan fingerprint density at radius 1 is 1.35 bits per heavy atom. The highest BCUT2D eigenvalue weighted by Gasteiger charge is 2.42. The molecule has 1 saturated carbocycles. The third-order valence-corrected chi connectivity index (χ3v) is 5.53. The molecule has 0 bridgehead atoms. The monoisotopic (exact) mass is 282 g/mol. The van der Waals surface area contributed by atoms with E-state index in [1.54, 1.807) is 7.11 Å². The van der Waals surface area contributed by atoms with E-state index >= 15 is 0 Å². The van der Waals surface area contributed by atoms with Crippen LogP contribution < -0.4 is 10.6 Å². The fraction of sp³-hybridized carbons (Fsp3) is 0.938. The van der Waals surface area contributed by atoms with Gasteiger partial charge in [0.2, 0.25) is 5.91 Å². The smallest absolute Gasteiger partial charge is 0.228 e. The highest BCUT2D eigenvalue weighted by molar-refractivity contribution is 5.83. The van der Waals surface area contributed by atoms with Crippen molar-refractivity contribution in [1.29, 1.82) is 0 Å². The van der Waals surface area contributed by atoms with Crippen LogP contribution in [0.2, 0.25) is 0 Å². The molecule has 116 valence electrons. The summed E-state index contributed by atoms with van der Waals surface area (Å²) in [4.78, 5) is 12.8. The van der Waals surface area contributed by atoms with Gasteiger partial charge < -0.3 is 15.4 Å². The van der Waals surface area contributed by atoms with Crippen LogP contribution in [0.5, 0.6) is 0 Å². The van der Waals surface area contributed by atoms with Crippen LogP contribution in [-0.2, 0) is 9.53 Å². The predicted molar refractivity (Wildman–Crippen MR) is 80.5 cm³/mol. The molecule has 2 rings (SSSR count). The first kappa shape index (κ1) is 15.8. The van der Waals surface area contributed by atoms with Gasteiger partial charge >= 0.3 is 0 Å². The highest BCUT2D eigenvalue weighted by Crippen LogP contribution is 2.36. The summed E-state index contributed by atoms with van der Waals surface area (Å²) in [6.45, 7) is 6.91. The molecule has 1 amide bonds. The largest absolute Gasteiger partial charge is 0.384 e. The van der Waals surface area contributed by atoms with Gasteiger partial charge in [-0.1, -0.05) is 20.3 Å². The van der Waals surface area contributed by atoms with Crippen LogP contribution in [0.1, 0.15) is 46.0 Å². The quantitative estimate of drug-likeness (QED) is 0.810. The molecule has 20 heavy (non-hydrogen) atoms. The Bertz CT molecular complexity index is 321. The topological polar surface area (TPSA) is 50.4 Å². The van der Waals surface area contributed by atoms with Crippen LogP contribution in [0.15, 0.2) is 0 Å². The lowest BCUT2D eigenvalue weighted by atomic mass is 9.78. The molecule has 1 heterocycles. The molecule has 4 nitrogen and oxygen atoms in total. The second-order valence-electron chi connectivity index (χ2n) is 6.65. The van der Waals surface area contributed by atoms with Crippen molar-refractivity contribution >= 4 is 5.91 Å². The third kappa shape index (κ3) is 3.17. The Balaban J connectivity index is 1.98. The first-order chi connectivity index (χ1) is 9.63. The summed E-state index contributed by atoms with van der Waals surface area (Å²) < 4.78 is 5.35. The summed E-state index contributed by atoms with van der Waals surface area (Å²) in [5.41, 5.74) is -0.315. The maximum atomic E-state index is 12.8. The highest BCUT2D eigenvalue weighted by atomic mass is 16.5. The summed E-state index contributed by atoms with van der Waals surface area (Å²) in [5, 5.41) is 6.68. The number of amides is 1. The van der Waals surface area contributed by atoms with Gasteiger partial charge in [0.25, 0.3) is 0 Å². The molecule has 2 fully saturated rings. The second kappa shape index (κ2) is 6.90. The number of rotatable bonds is 5. The molecule has 0 spiro atoms. The molecular formula is C16H30N2O2. The maximum absolute atomic E-state index is 12.8. The first-order valence-corrected chi connectivity index (χ1v) is 8.13. The zero-order valence-electron chi connectivity index (χ0n) is 13.2. The lowest BCUT2D eigenvalue weighted by molar-refractivity contribution is -0.137. The van der Waals surface area contributed by atoms with Crippen molar-refractivity contribution in [2.75, 3.05) is 26.8 Å². The van der Waals surface area contributed by atoms with Crippen molar-refractivity contribution < 1.29 is 9.53 Å². The van der Waals surface area contributed by atoms with Crippen LogP contribution in [0.3, 0.4) is 0 Å². The van der Waals surface area contributed by atoms with E-state index in [9.17, 15) is 4.79 Å². The van der Waals surface area contributed by atoms with Gasteiger partial charge in [-0.05, 0) is 50.6 Å². The van der Waals surface area contributed by atoms with Gasteiger partial charge in [-0.2, -0.15) is 0 Å². The number of carbonyl (C=O) groups is 1. The third-order valence-electron chi connectivity index (χ3n) is 5.53. The molecular weight excluding hydrogens is 252 g/mol. The fourth-order valence-corrected chi connectivity index (χ4v) is 3.97. The average molecular weight is 282 g/mol. The Hall–Kier alpha value is -0.610. The minimum atomic E-state index is -0.315. The lowest BCUT2D eigenvalue weighted by Gasteiger charge is -2.37. The van der Waals surface area contributed by atoms with Crippen LogP contribution >= 0.6 is 0 Å². The first-order valence-electron chi connectivity index (χ1n) is 8.13. The van der Waals surface area contributed by atoms with Gasteiger partial charge in [-0.15, -0.1) is 0 Å². The number of piperidine rings is 1. The summed E-state index contributed by atoms with van der Waals surface area (Å²) in [6.07, 6.45) is 5.37. The molecule has 0 aromatic carbocycles. The number of methoxy groups -OCH3 is 1. The van der Waals surface area contributed by atoms with E-state index in [0.29, 0.717) is 18.6 Å². The predicted octanol–water partition coefficient (Wildman–Crippen LogP) is 1.94. The van der Waals surface area contributed by atoms with E-state index in [-0.39, 0.29) is 11.3 Å². The molecule has 1 saturated heterocycles. The SMILES string of the molecule is CCC1CCC(NC(=O)C2(COC)CCNCC2)C1C. The van der Waals surface area contributed by atoms with Crippen molar-refractivity contribution in [1.82, 2.24) is 10.6 Å². The van der Waals surface area contributed by atoms with E-state index < -0.39 is 0 Å². The summed E-state index contributed by atoms with van der Waals surface area (Å²) >= 11 is 0.